The number of aromatic nitrogens is 1. The summed E-state index contributed by atoms with van der Waals surface area (Å²) in [5, 5.41) is 12.2. The minimum absolute atomic E-state index is 0.0858. The maximum Gasteiger partial charge on any atom is 0.349 e. The summed E-state index contributed by atoms with van der Waals surface area (Å²) in [6, 6.07) is 15.7. The molecule has 3 aromatic rings. The molecule has 3 rings (SSSR count). The number of anilines is 1. The highest BCUT2D eigenvalue weighted by Gasteiger charge is 2.41. The van der Waals surface area contributed by atoms with Gasteiger partial charge in [-0.1, -0.05) is 35.4 Å². The van der Waals surface area contributed by atoms with Gasteiger partial charge >= 0.3 is 17.9 Å². The van der Waals surface area contributed by atoms with Crippen LogP contribution in [0.3, 0.4) is 0 Å². The molecule has 0 aliphatic carbocycles. The molecule has 1 amide bonds. The van der Waals surface area contributed by atoms with Gasteiger partial charge in [-0.25, -0.2) is 14.4 Å². The molecule has 0 aliphatic rings. The lowest BCUT2D eigenvalue weighted by Gasteiger charge is -2.23. The van der Waals surface area contributed by atoms with E-state index in [4.69, 9.17) is 9.47 Å². The number of esters is 2. The van der Waals surface area contributed by atoms with Gasteiger partial charge in [-0.05, 0) is 50.2 Å². The lowest BCUT2D eigenvalue weighted by molar-refractivity contribution is -0.157. The minimum Gasteiger partial charge on any atom is -0.478 e. The van der Waals surface area contributed by atoms with Gasteiger partial charge in [-0.15, -0.1) is 0 Å². The zero-order chi connectivity index (χ0) is 24.7. The minimum atomic E-state index is -2.11. The van der Waals surface area contributed by atoms with Crippen molar-refractivity contribution >= 4 is 29.5 Å². The van der Waals surface area contributed by atoms with E-state index in [-0.39, 0.29) is 16.8 Å². The Labute approximate surface area is 195 Å². The highest BCUT2D eigenvalue weighted by molar-refractivity contribution is 6.01. The Morgan fingerprint density at radius 3 is 1.85 bits per heavy atom. The van der Waals surface area contributed by atoms with Crippen molar-refractivity contribution in [3.05, 3.63) is 95.3 Å². The molecule has 2 aromatic carbocycles. The van der Waals surface area contributed by atoms with E-state index in [0.717, 1.165) is 11.1 Å². The average molecular weight is 462 g/mol. The van der Waals surface area contributed by atoms with Crippen molar-refractivity contribution in [3.8, 4) is 0 Å². The van der Waals surface area contributed by atoms with E-state index >= 15 is 0 Å². The standard InChI is InChI=1S/C25H22N2O7/c1-15-6-3-8-17(12-15)24(31)33-20(22(28)27-19-10-5-11-26-14-19)21(23(29)30)34-25(32)18-9-4-7-16(2)13-18/h3-14,20-21H,1-2H3,(H,27,28)(H,29,30). The number of nitrogens with zero attached hydrogens (tertiary/aromatic N) is 1. The fraction of sp³-hybridized carbons (Fsp3) is 0.160. The third-order valence-electron chi connectivity index (χ3n) is 4.68. The number of benzene rings is 2. The number of hydrogen-bond acceptors (Lipinski definition) is 7. The number of hydrogen-bond donors (Lipinski definition) is 2. The van der Waals surface area contributed by atoms with E-state index < -0.39 is 36.0 Å². The maximum absolute atomic E-state index is 13.0. The highest BCUT2D eigenvalue weighted by atomic mass is 16.6. The Hall–Kier alpha value is -4.53. The van der Waals surface area contributed by atoms with Crippen molar-refractivity contribution in [1.29, 1.82) is 0 Å². The third-order valence-corrected chi connectivity index (χ3v) is 4.68. The molecule has 1 heterocycles. The average Bonchev–Trinajstić information content (AvgIpc) is 2.81. The molecule has 0 fully saturated rings. The van der Waals surface area contributed by atoms with Crippen molar-refractivity contribution in [3.63, 3.8) is 0 Å². The van der Waals surface area contributed by atoms with Crippen LogP contribution >= 0.6 is 0 Å². The summed E-state index contributed by atoms with van der Waals surface area (Å²) in [6.45, 7) is 3.51. The Morgan fingerprint density at radius 1 is 0.824 bits per heavy atom. The normalized spacial score (nSPS) is 12.2. The van der Waals surface area contributed by atoms with Crippen LogP contribution in [0.2, 0.25) is 0 Å². The SMILES string of the molecule is Cc1cccc(C(=O)OC(C(=O)O)C(OC(=O)c2cccc(C)c2)C(=O)Nc2cccnc2)c1. The predicted molar refractivity (Wildman–Crippen MR) is 121 cm³/mol. The fourth-order valence-electron chi connectivity index (χ4n) is 3.06. The second kappa shape index (κ2) is 10.9. The van der Waals surface area contributed by atoms with E-state index in [9.17, 15) is 24.3 Å². The van der Waals surface area contributed by atoms with E-state index in [0.29, 0.717) is 0 Å². The molecule has 2 N–H and O–H groups in total. The van der Waals surface area contributed by atoms with Crippen LogP contribution in [0.15, 0.2) is 73.1 Å². The Kier molecular flexibility index (Phi) is 7.71. The molecule has 2 unspecified atom stereocenters. The van der Waals surface area contributed by atoms with Crippen LogP contribution in [0.25, 0.3) is 0 Å². The lowest BCUT2D eigenvalue weighted by atomic mass is 10.1. The van der Waals surface area contributed by atoms with Gasteiger partial charge in [0.1, 0.15) is 0 Å². The molecule has 174 valence electrons. The van der Waals surface area contributed by atoms with E-state index in [1.165, 1.54) is 42.7 Å². The summed E-state index contributed by atoms with van der Waals surface area (Å²) in [6.07, 6.45) is -1.29. The van der Waals surface area contributed by atoms with Gasteiger partial charge in [0.15, 0.2) is 0 Å². The first-order chi connectivity index (χ1) is 16.2. The van der Waals surface area contributed by atoms with Gasteiger partial charge in [0.25, 0.3) is 5.91 Å². The smallest absolute Gasteiger partial charge is 0.349 e. The summed E-state index contributed by atoms with van der Waals surface area (Å²) in [4.78, 5) is 54.3. The van der Waals surface area contributed by atoms with Gasteiger partial charge in [0.05, 0.1) is 23.0 Å². The van der Waals surface area contributed by atoms with Crippen LogP contribution in [0.1, 0.15) is 31.8 Å². The summed E-state index contributed by atoms with van der Waals surface area (Å²) in [5.41, 5.74) is 1.93. The topological polar surface area (TPSA) is 132 Å². The molecule has 0 radical (unpaired) electrons. The van der Waals surface area contributed by atoms with Crippen molar-refractivity contribution in [2.75, 3.05) is 5.32 Å². The highest BCUT2D eigenvalue weighted by Crippen LogP contribution is 2.16. The molecular formula is C25H22N2O7. The van der Waals surface area contributed by atoms with Crippen LogP contribution in [0.4, 0.5) is 5.69 Å². The molecule has 0 aliphatic heterocycles. The van der Waals surface area contributed by atoms with Crippen LogP contribution in [-0.4, -0.2) is 46.1 Å². The summed E-state index contributed by atoms with van der Waals surface area (Å²) in [7, 11) is 0. The number of carbonyl (C=O) groups excluding carboxylic acids is 3. The van der Waals surface area contributed by atoms with Crippen molar-refractivity contribution in [2.45, 2.75) is 26.1 Å². The van der Waals surface area contributed by atoms with Gasteiger partial charge in [0.2, 0.25) is 12.2 Å². The molecule has 0 spiro atoms. The summed E-state index contributed by atoms with van der Waals surface area (Å²) in [5.74, 6) is -4.60. The number of aryl methyl sites for hydroxylation is 2. The Balaban J connectivity index is 1.91. The van der Waals surface area contributed by atoms with Gasteiger partial charge in [-0.3, -0.25) is 9.78 Å². The quantitative estimate of drug-likeness (QED) is 0.488. The second-order valence-electron chi connectivity index (χ2n) is 7.46. The third kappa shape index (κ3) is 6.26. The molecule has 34 heavy (non-hydrogen) atoms. The predicted octanol–water partition coefficient (Wildman–Crippen LogP) is 3.17. The summed E-state index contributed by atoms with van der Waals surface area (Å²) < 4.78 is 10.4. The van der Waals surface area contributed by atoms with Crippen LogP contribution < -0.4 is 5.32 Å². The molecule has 9 heteroatoms. The van der Waals surface area contributed by atoms with Crippen molar-refractivity contribution in [1.82, 2.24) is 4.98 Å². The number of rotatable bonds is 8. The number of pyridine rings is 1. The molecule has 0 bridgehead atoms. The summed E-state index contributed by atoms with van der Waals surface area (Å²) >= 11 is 0. The second-order valence-corrected chi connectivity index (χ2v) is 7.46. The number of nitrogens with one attached hydrogen (secondary N) is 1. The number of carboxylic acid groups (broad SMARTS) is 1. The van der Waals surface area contributed by atoms with Gasteiger partial charge < -0.3 is 19.9 Å². The number of amides is 1. The van der Waals surface area contributed by atoms with Crippen LogP contribution in [0, 0.1) is 13.8 Å². The fourth-order valence-corrected chi connectivity index (χ4v) is 3.06. The monoisotopic (exact) mass is 462 g/mol. The Bertz CT molecular complexity index is 1210. The van der Waals surface area contributed by atoms with Gasteiger partial charge in [0, 0.05) is 6.20 Å². The molecule has 1 aromatic heterocycles. The largest absolute Gasteiger partial charge is 0.478 e. The molecule has 0 saturated carbocycles. The molecule has 2 atom stereocenters. The first kappa shape index (κ1) is 24.1. The number of ether oxygens (including phenoxy) is 2. The van der Waals surface area contributed by atoms with Crippen molar-refractivity contribution < 1.29 is 33.8 Å². The van der Waals surface area contributed by atoms with E-state index in [1.807, 2.05) is 0 Å². The number of aliphatic carboxylic acids is 1. The van der Waals surface area contributed by atoms with Crippen LogP contribution in [0.5, 0.6) is 0 Å². The van der Waals surface area contributed by atoms with Crippen molar-refractivity contribution in [2.24, 2.45) is 0 Å². The first-order valence-electron chi connectivity index (χ1n) is 10.2. The molecular weight excluding hydrogens is 440 g/mol. The maximum atomic E-state index is 13.0. The van der Waals surface area contributed by atoms with E-state index in [2.05, 4.69) is 10.3 Å². The Morgan fingerprint density at radius 2 is 1.38 bits per heavy atom. The lowest BCUT2D eigenvalue weighted by Crippen LogP contribution is -2.48. The van der Waals surface area contributed by atoms with Crippen LogP contribution in [-0.2, 0) is 19.1 Å². The van der Waals surface area contributed by atoms with Gasteiger partial charge in [-0.2, -0.15) is 0 Å². The molecule has 9 nitrogen and oxygen atoms in total. The number of carboxylic acids is 1. The molecule has 0 saturated heterocycles. The zero-order valence-electron chi connectivity index (χ0n) is 18.4. The first-order valence-corrected chi connectivity index (χ1v) is 10.2. The zero-order valence-corrected chi connectivity index (χ0v) is 18.4. The number of carbonyl (C=O) groups is 4. The van der Waals surface area contributed by atoms with E-state index in [1.54, 1.807) is 44.2 Å².